The Morgan fingerprint density at radius 2 is 2.06 bits per heavy atom. The molecule has 0 aliphatic heterocycles. The summed E-state index contributed by atoms with van der Waals surface area (Å²) in [5.74, 6) is 0.433. The Morgan fingerprint density at radius 1 is 1.18 bits per heavy atom. The molecule has 0 unspecified atom stereocenters. The molecule has 0 atom stereocenters. The predicted molar refractivity (Wildman–Crippen MR) is 65.5 cm³/mol. The minimum absolute atomic E-state index is 0.204. The topological polar surface area (TPSA) is 47.9 Å². The van der Waals surface area contributed by atoms with Gasteiger partial charge in [-0.15, -0.1) is 10.2 Å². The van der Waals surface area contributed by atoms with Gasteiger partial charge in [-0.05, 0) is 12.1 Å². The number of nitrogens with zero attached hydrogens (tertiary/aromatic N) is 3. The number of aromatic nitrogens is 3. The van der Waals surface area contributed by atoms with Gasteiger partial charge in [-0.25, -0.2) is 0 Å². The van der Waals surface area contributed by atoms with Crippen molar-refractivity contribution >= 4 is 23.2 Å². The Morgan fingerprint density at radius 3 is 2.82 bits per heavy atom. The first-order valence-electron chi connectivity index (χ1n) is 4.97. The molecule has 2 aromatic rings. The van der Waals surface area contributed by atoms with Crippen molar-refractivity contribution in [2.24, 2.45) is 0 Å². The van der Waals surface area contributed by atoms with Gasteiger partial charge in [-0.2, -0.15) is 0 Å². The van der Waals surface area contributed by atoms with E-state index in [2.05, 4.69) is 15.2 Å². The first-order valence-corrected chi connectivity index (χ1v) is 5.73. The van der Waals surface area contributed by atoms with E-state index < -0.39 is 0 Å². The molecule has 2 rings (SSSR count). The number of pyridine rings is 1. The van der Waals surface area contributed by atoms with Gasteiger partial charge in [0.2, 0.25) is 0 Å². The molecule has 0 aromatic carbocycles. The molecule has 4 nitrogen and oxygen atoms in total. The third-order valence-electron chi connectivity index (χ3n) is 2.03. The number of rotatable bonds is 4. The summed E-state index contributed by atoms with van der Waals surface area (Å²) in [4.78, 5) is 4.18. The minimum atomic E-state index is 0.204. The van der Waals surface area contributed by atoms with Gasteiger partial charge >= 0.3 is 0 Å². The van der Waals surface area contributed by atoms with Gasteiger partial charge in [-0.1, -0.05) is 29.3 Å². The van der Waals surface area contributed by atoms with Crippen LogP contribution in [-0.4, -0.2) is 21.8 Å². The Kier molecular flexibility index (Phi) is 4.12. The molecule has 0 fully saturated rings. The van der Waals surface area contributed by atoms with Gasteiger partial charge in [0, 0.05) is 24.4 Å². The van der Waals surface area contributed by atoms with Crippen molar-refractivity contribution < 1.29 is 4.74 Å². The zero-order valence-corrected chi connectivity index (χ0v) is 10.3. The second kappa shape index (κ2) is 5.80. The average molecular weight is 270 g/mol. The molecule has 0 N–H and O–H groups in total. The smallest absolute Gasteiger partial charge is 0.193 e. The highest BCUT2D eigenvalue weighted by atomic mass is 35.5. The summed E-state index contributed by atoms with van der Waals surface area (Å²) in [5.41, 5.74) is 0.955. The van der Waals surface area contributed by atoms with Crippen molar-refractivity contribution in [1.29, 1.82) is 0 Å². The summed E-state index contributed by atoms with van der Waals surface area (Å²) >= 11 is 11.5. The molecule has 2 heterocycles. The van der Waals surface area contributed by atoms with Crippen molar-refractivity contribution in [1.82, 2.24) is 15.2 Å². The standard InChI is InChI=1S/C11H9Cl2N3O/c12-10-7-9(11(13)16-15-10)17-6-4-8-3-1-2-5-14-8/h1-3,5,7H,4,6H2. The molecular weight excluding hydrogens is 261 g/mol. The Hall–Kier alpha value is -1.39. The number of hydrogen-bond acceptors (Lipinski definition) is 4. The fourth-order valence-electron chi connectivity index (χ4n) is 1.25. The van der Waals surface area contributed by atoms with Crippen LogP contribution in [0.25, 0.3) is 0 Å². The van der Waals surface area contributed by atoms with Crippen molar-refractivity contribution in [2.75, 3.05) is 6.61 Å². The highest BCUT2D eigenvalue weighted by Gasteiger charge is 2.05. The van der Waals surface area contributed by atoms with Gasteiger partial charge in [-0.3, -0.25) is 4.98 Å². The number of ether oxygens (including phenoxy) is 1. The maximum absolute atomic E-state index is 5.81. The van der Waals surface area contributed by atoms with E-state index in [1.165, 1.54) is 6.07 Å². The van der Waals surface area contributed by atoms with Gasteiger partial charge in [0.05, 0.1) is 6.61 Å². The lowest BCUT2D eigenvalue weighted by atomic mass is 10.3. The van der Waals surface area contributed by atoms with Crippen LogP contribution < -0.4 is 4.74 Å². The molecule has 0 bridgehead atoms. The van der Waals surface area contributed by atoms with E-state index in [-0.39, 0.29) is 10.3 Å². The van der Waals surface area contributed by atoms with Crippen LogP contribution in [0.2, 0.25) is 10.3 Å². The first-order chi connectivity index (χ1) is 8.25. The lowest BCUT2D eigenvalue weighted by Crippen LogP contribution is -2.03. The highest BCUT2D eigenvalue weighted by Crippen LogP contribution is 2.23. The molecule has 0 aliphatic carbocycles. The summed E-state index contributed by atoms with van der Waals surface area (Å²) in [7, 11) is 0. The lowest BCUT2D eigenvalue weighted by Gasteiger charge is -2.06. The van der Waals surface area contributed by atoms with Crippen LogP contribution in [0.3, 0.4) is 0 Å². The second-order valence-corrected chi connectivity index (χ2v) is 3.99. The van der Waals surface area contributed by atoms with E-state index in [9.17, 15) is 0 Å². The maximum Gasteiger partial charge on any atom is 0.193 e. The van der Waals surface area contributed by atoms with Crippen molar-refractivity contribution in [3.63, 3.8) is 0 Å². The third-order valence-corrected chi connectivity index (χ3v) is 2.48. The highest BCUT2D eigenvalue weighted by molar-refractivity contribution is 6.32. The van der Waals surface area contributed by atoms with E-state index in [1.807, 2.05) is 18.2 Å². The quantitative estimate of drug-likeness (QED) is 0.857. The molecule has 0 saturated carbocycles. The van der Waals surface area contributed by atoms with Gasteiger partial charge in [0.25, 0.3) is 0 Å². The predicted octanol–water partition coefficient (Wildman–Crippen LogP) is 2.80. The maximum atomic E-state index is 5.81. The summed E-state index contributed by atoms with van der Waals surface area (Å²) < 4.78 is 5.46. The second-order valence-electron chi connectivity index (χ2n) is 3.24. The third kappa shape index (κ3) is 3.54. The number of hydrogen-bond donors (Lipinski definition) is 0. The normalized spacial score (nSPS) is 10.2. The molecule has 17 heavy (non-hydrogen) atoms. The van der Waals surface area contributed by atoms with E-state index in [0.29, 0.717) is 18.8 Å². The molecular formula is C11H9Cl2N3O. The Bertz CT molecular complexity index is 493. The van der Waals surface area contributed by atoms with Crippen LogP contribution in [0.15, 0.2) is 30.5 Å². The van der Waals surface area contributed by atoms with Crippen molar-refractivity contribution in [2.45, 2.75) is 6.42 Å². The molecule has 2 aromatic heterocycles. The van der Waals surface area contributed by atoms with Gasteiger partial charge in [0.1, 0.15) is 0 Å². The zero-order valence-electron chi connectivity index (χ0n) is 8.81. The van der Waals surface area contributed by atoms with E-state index in [0.717, 1.165) is 5.69 Å². The molecule has 6 heteroatoms. The number of halogens is 2. The fraction of sp³-hybridized carbons (Fsp3) is 0.182. The largest absolute Gasteiger partial charge is 0.490 e. The summed E-state index contributed by atoms with van der Waals surface area (Å²) in [5, 5.41) is 7.70. The summed E-state index contributed by atoms with van der Waals surface area (Å²) in [6.45, 7) is 0.457. The van der Waals surface area contributed by atoms with Crippen LogP contribution in [-0.2, 0) is 6.42 Å². The molecule has 0 spiro atoms. The van der Waals surface area contributed by atoms with E-state index in [4.69, 9.17) is 27.9 Å². The van der Waals surface area contributed by atoms with Crippen molar-refractivity contribution in [3.8, 4) is 5.75 Å². The molecule has 0 amide bonds. The van der Waals surface area contributed by atoms with Crippen LogP contribution >= 0.6 is 23.2 Å². The first kappa shape index (κ1) is 12.1. The molecule has 88 valence electrons. The molecule has 0 aliphatic rings. The Labute approximate surface area is 109 Å². The van der Waals surface area contributed by atoms with Crippen molar-refractivity contribution in [3.05, 3.63) is 46.5 Å². The summed E-state index contributed by atoms with van der Waals surface area (Å²) in [6, 6.07) is 7.27. The van der Waals surface area contributed by atoms with Crippen LogP contribution in [0.4, 0.5) is 0 Å². The summed E-state index contributed by atoms with van der Waals surface area (Å²) in [6.07, 6.45) is 2.43. The van der Waals surface area contributed by atoms with Gasteiger partial charge in [0.15, 0.2) is 16.1 Å². The van der Waals surface area contributed by atoms with Crippen LogP contribution in [0.1, 0.15) is 5.69 Å². The average Bonchev–Trinajstić information content (AvgIpc) is 2.35. The Balaban J connectivity index is 1.92. The van der Waals surface area contributed by atoms with Crippen LogP contribution in [0.5, 0.6) is 5.75 Å². The zero-order chi connectivity index (χ0) is 12.1. The van der Waals surface area contributed by atoms with E-state index in [1.54, 1.807) is 6.20 Å². The lowest BCUT2D eigenvalue weighted by molar-refractivity contribution is 0.319. The van der Waals surface area contributed by atoms with Crippen LogP contribution in [0, 0.1) is 0 Å². The molecule has 0 radical (unpaired) electrons. The van der Waals surface area contributed by atoms with Gasteiger partial charge < -0.3 is 4.74 Å². The fourth-order valence-corrected chi connectivity index (χ4v) is 1.53. The van der Waals surface area contributed by atoms with E-state index >= 15 is 0 Å². The SMILES string of the molecule is Clc1cc(OCCc2ccccn2)c(Cl)nn1. The molecule has 0 saturated heterocycles. The minimum Gasteiger partial charge on any atom is -0.490 e. The monoisotopic (exact) mass is 269 g/mol.